The molecule has 43 heavy (non-hydrogen) atoms. The number of amides is 2. The van der Waals surface area contributed by atoms with E-state index in [0.717, 1.165) is 32.1 Å². The van der Waals surface area contributed by atoms with Gasteiger partial charge in [0.2, 0.25) is 0 Å². The summed E-state index contributed by atoms with van der Waals surface area (Å²) in [6.45, 7) is 16.5. The Morgan fingerprint density at radius 3 is 1.86 bits per heavy atom. The maximum Gasteiger partial charge on any atom is 0.407 e. The van der Waals surface area contributed by atoms with Crippen LogP contribution in [0.1, 0.15) is 59.8 Å². The van der Waals surface area contributed by atoms with Crippen molar-refractivity contribution < 1.29 is 47.6 Å². The van der Waals surface area contributed by atoms with Gasteiger partial charge in [0.25, 0.3) is 0 Å². The number of hydrogen-bond donors (Lipinski definition) is 2. The van der Waals surface area contributed by atoms with E-state index >= 15 is 0 Å². The molecule has 244 valence electrons. The number of alkyl carbamates (subject to hydrolysis) is 2. The second kappa shape index (κ2) is 18.5. The van der Waals surface area contributed by atoms with E-state index in [9.17, 15) is 19.2 Å². The molecule has 0 aromatic rings. The Hall–Kier alpha value is -3.12. The number of fused-ring (bicyclic) bond motifs is 2. The van der Waals surface area contributed by atoms with Crippen molar-refractivity contribution in [1.82, 2.24) is 10.6 Å². The summed E-state index contributed by atoms with van der Waals surface area (Å²) in [5, 5.41) is 5.40. The molecule has 12 nitrogen and oxygen atoms in total. The molecule has 0 aromatic carbocycles. The highest BCUT2D eigenvalue weighted by Crippen LogP contribution is 2.60. The van der Waals surface area contributed by atoms with Gasteiger partial charge in [0.15, 0.2) is 0 Å². The fourth-order valence-corrected chi connectivity index (χ4v) is 6.17. The van der Waals surface area contributed by atoms with Gasteiger partial charge < -0.3 is 39.1 Å². The predicted octanol–water partition coefficient (Wildman–Crippen LogP) is 3.93. The quantitative estimate of drug-likeness (QED) is 0.0899. The zero-order valence-electron chi connectivity index (χ0n) is 26.2. The van der Waals surface area contributed by atoms with Crippen molar-refractivity contribution in [2.75, 3.05) is 59.3 Å². The molecule has 12 heteroatoms. The zero-order chi connectivity index (χ0) is 31.8. The summed E-state index contributed by atoms with van der Waals surface area (Å²) in [6, 6.07) is 0. The van der Waals surface area contributed by atoms with E-state index in [1.54, 1.807) is 13.8 Å². The third-order valence-corrected chi connectivity index (χ3v) is 8.04. The van der Waals surface area contributed by atoms with Gasteiger partial charge in [-0.1, -0.05) is 26.5 Å². The molecule has 0 radical (unpaired) electrons. The Kier molecular flexibility index (Phi) is 15.5. The van der Waals surface area contributed by atoms with E-state index in [0.29, 0.717) is 35.5 Å². The SMILES string of the molecule is C=C(C)C(=O)OCCOCCNC(=O)OCCCC1C(CC)C2CC1C(C)(OC(=O)NCCOCCOC(=O)C(=C)C)C2. The molecule has 0 heterocycles. The predicted molar refractivity (Wildman–Crippen MR) is 158 cm³/mol. The summed E-state index contributed by atoms with van der Waals surface area (Å²) in [4.78, 5) is 47.2. The second-order valence-corrected chi connectivity index (χ2v) is 11.4. The molecule has 2 amide bonds. The van der Waals surface area contributed by atoms with Gasteiger partial charge in [0.1, 0.15) is 18.8 Å². The summed E-state index contributed by atoms with van der Waals surface area (Å²) in [5.74, 6) is 0.815. The normalized spacial score (nSPS) is 23.7. The molecule has 5 unspecified atom stereocenters. The highest BCUT2D eigenvalue weighted by Gasteiger charge is 2.59. The van der Waals surface area contributed by atoms with Gasteiger partial charge in [-0.25, -0.2) is 19.2 Å². The smallest absolute Gasteiger partial charge is 0.407 e. The molecule has 2 N–H and O–H groups in total. The lowest BCUT2D eigenvalue weighted by molar-refractivity contribution is -0.141. The summed E-state index contributed by atoms with van der Waals surface area (Å²) in [6.07, 6.45) is 3.61. The molecule has 2 bridgehead atoms. The standard InChI is InChI=1S/C31H50N2O10/c1-7-24-23-19-26(31(6,20-23)43-30(37)33-11-14-39-16-18-41-28(35)22(4)5)25(24)9-8-12-42-29(36)32-10-13-38-15-17-40-27(34)21(2)3/h23-26H,2,4,7-20H2,1,3,5-6H3,(H,32,36)(H,33,37). The maximum atomic E-state index is 12.6. The number of nitrogens with one attached hydrogen (secondary N) is 2. The number of carbonyl (C=O) groups is 4. The second-order valence-electron chi connectivity index (χ2n) is 11.4. The average molecular weight is 611 g/mol. The minimum absolute atomic E-state index is 0.124. The van der Waals surface area contributed by atoms with Crippen molar-refractivity contribution in [1.29, 1.82) is 0 Å². The number of hydrogen-bond acceptors (Lipinski definition) is 10. The van der Waals surface area contributed by atoms with E-state index < -0.39 is 29.7 Å². The van der Waals surface area contributed by atoms with Gasteiger partial charge in [-0.15, -0.1) is 0 Å². The van der Waals surface area contributed by atoms with Crippen LogP contribution in [0.4, 0.5) is 9.59 Å². The van der Waals surface area contributed by atoms with E-state index in [2.05, 4.69) is 30.7 Å². The lowest BCUT2D eigenvalue weighted by atomic mass is 9.69. The van der Waals surface area contributed by atoms with Gasteiger partial charge in [-0.2, -0.15) is 0 Å². The van der Waals surface area contributed by atoms with Crippen molar-refractivity contribution in [3.8, 4) is 0 Å². The molecule has 0 saturated heterocycles. The van der Waals surface area contributed by atoms with Crippen LogP contribution < -0.4 is 10.6 Å². The topological polar surface area (TPSA) is 148 Å². The average Bonchev–Trinajstić information content (AvgIpc) is 3.47. The third-order valence-electron chi connectivity index (χ3n) is 8.04. The largest absolute Gasteiger partial charge is 0.460 e. The van der Waals surface area contributed by atoms with Crippen LogP contribution in [0.25, 0.3) is 0 Å². The van der Waals surface area contributed by atoms with Crippen LogP contribution >= 0.6 is 0 Å². The summed E-state index contributed by atoms with van der Waals surface area (Å²) >= 11 is 0. The van der Waals surface area contributed by atoms with E-state index in [4.69, 9.17) is 28.4 Å². The summed E-state index contributed by atoms with van der Waals surface area (Å²) < 4.78 is 31.9. The molecular weight excluding hydrogens is 560 g/mol. The molecule has 2 saturated carbocycles. The first-order valence-electron chi connectivity index (χ1n) is 15.2. The Balaban J connectivity index is 1.61. The van der Waals surface area contributed by atoms with Gasteiger partial charge in [-0.3, -0.25) is 0 Å². The molecule has 2 rings (SSSR count). The number of rotatable bonds is 20. The number of carbonyl (C=O) groups excluding carboxylic acids is 4. The Morgan fingerprint density at radius 1 is 0.767 bits per heavy atom. The first-order chi connectivity index (χ1) is 20.5. The molecular formula is C31H50N2O10. The lowest BCUT2D eigenvalue weighted by Gasteiger charge is -2.42. The number of ether oxygens (including phenoxy) is 6. The fourth-order valence-electron chi connectivity index (χ4n) is 6.17. The summed E-state index contributed by atoms with van der Waals surface area (Å²) in [7, 11) is 0. The monoisotopic (exact) mass is 610 g/mol. The molecule has 2 fully saturated rings. The van der Waals surface area contributed by atoms with Gasteiger partial charge in [-0.05, 0) is 64.2 Å². The maximum absolute atomic E-state index is 12.6. The van der Waals surface area contributed by atoms with Crippen LogP contribution in [0.5, 0.6) is 0 Å². The minimum Gasteiger partial charge on any atom is -0.460 e. The Bertz CT molecular complexity index is 970. The first kappa shape index (κ1) is 36.1. The van der Waals surface area contributed by atoms with Crippen molar-refractivity contribution in [2.24, 2.45) is 23.7 Å². The van der Waals surface area contributed by atoms with E-state index in [1.165, 1.54) is 0 Å². The lowest BCUT2D eigenvalue weighted by Crippen LogP contribution is -2.46. The van der Waals surface area contributed by atoms with Crippen LogP contribution in [0.15, 0.2) is 24.3 Å². The molecule has 0 aliphatic heterocycles. The van der Waals surface area contributed by atoms with Crippen LogP contribution in [-0.4, -0.2) is 89.1 Å². The van der Waals surface area contributed by atoms with Gasteiger partial charge in [0.05, 0.1) is 33.0 Å². The minimum atomic E-state index is -0.538. The Morgan fingerprint density at radius 2 is 1.33 bits per heavy atom. The molecule has 0 aromatic heterocycles. The van der Waals surface area contributed by atoms with Gasteiger partial charge >= 0.3 is 24.1 Å². The highest BCUT2D eigenvalue weighted by molar-refractivity contribution is 5.87. The Labute approximate surface area is 255 Å². The third kappa shape index (κ3) is 12.2. The van der Waals surface area contributed by atoms with Crippen molar-refractivity contribution in [2.45, 2.75) is 65.4 Å². The number of esters is 2. The first-order valence-corrected chi connectivity index (χ1v) is 15.2. The van der Waals surface area contributed by atoms with Crippen LogP contribution in [0.2, 0.25) is 0 Å². The molecule has 2 aliphatic rings. The van der Waals surface area contributed by atoms with Crippen LogP contribution in [-0.2, 0) is 38.0 Å². The van der Waals surface area contributed by atoms with E-state index in [-0.39, 0.29) is 58.6 Å². The summed E-state index contributed by atoms with van der Waals surface area (Å²) in [5.41, 5.74) is 0.126. The van der Waals surface area contributed by atoms with Crippen molar-refractivity contribution >= 4 is 24.1 Å². The highest BCUT2D eigenvalue weighted by atomic mass is 16.6. The molecule has 0 spiro atoms. The van der Waals surface area contributed by atoms with Gasteiger partial charge in [0, 0.05) is 30.2 Å². The van der Waals surface area contributed by atoms with Crippen LogP contribution in [0.3, 0.4) is 0 Å². The fraction of sp³-hybridized carbons (Fsp3) is 0.742. The van der Waals surface area contributed by atoms with Crippen LogP contribution in [0, 0.1) is 23.7 Å². The molecule has 5 atom stereocenters. The molecule has 2 aliphatic carbocycles. The van der Waals surface area contributed by atoms with Crippen molar-refractivity contribution in [3.63, 3.8) is 0 Å². The zero-order valence-corrected chi connectivity index (χ0v) is 26.2. The van der Waals surface area contributed by atoms with Crippen molar-refractivity contribution in [3.05, 3.63) is 24.3 Å². The van der Waals surface area contributed by atoms with E-state index in [1.807, 2.05) is 6.92 Å².